The molecule has 2 amide bonds. The van der Waals surface area contributed by atoms with Gasteiger partial charge in [0.1, 0.15) is 6.04 Å². The highest BCUT2D eigenvalue weighted by molar-refractivity contribution is 8.01. The largest absolute Gasteiger partial charge is 0.449 e. The molecule has 228 valence electrons. The maximum Gasteiger partial charge on any atom is 0.411 e. The van der Waals surface area contributed by atoms with Gasteiger partial charge in [-0.3, -0.25) is 19.1 Å². The van der Waals surface area contributed by atoms with Gasteiger partial charge in [0.25, 0.3) is 5.56 Å². The Morgan fingerprint density at radius 1 is 1.02 bits per heavy atom. The minimum atomic E-state index is -2.60. The lowest BCUT2D eigenvalue weighted by Gasteiger charge is -2.28. The molecule has 7 rings (SSSR count). The highest BCUT2D eigenvalue weighted by Crippen LogP contribution is 2.36. The van der Waals surface area contributed by atoms with Crippen LogP contribution < -0.4 is 16.2 Å². The van der Waals surface area contributed by atoms with Gasteiger partial charge in [-0.25, -0.2) is 4.79 Å². The van der Waals surface area contributed by atoms with Crippen LogP contribution in [0.5, 0.6) is 0 Å². The summed E-state index contributed by atoms with van der Waals surface area (Å²) >= 11 is 0. The summed E-state index contributed by atoms with van der Waals surface area (Å²) in [7, 11) is -0.901. The molecule has 1 aromatic heterocycles. The van der Waals surface area contributed by atoms with Crippen molar-refractivity contribution in [1.29, 1.82) is 0 Å². The normalized spacial score (nSPS) is 20.6. The lowest BCUT2D eigenvalue weighted by molar-refractivity contribution is -0.131. The predicted octanol–water partition coefficient (Wildman–Crippen LogP) is 5.55. The van der Waals surface area contributed by atoms with Gasteiger partial charge >= 0.3 is 6.09 Å². The van der Waals surface area contributed by atoms with Crippen LogP contribution in [-0.2, 0) is 25.6 Å². The molecule has 4 aromatic rings. The summed E-state index contributed by atoms with van der Waals surface area (Å²) < 4.78 is 19.4. The van der Waals surface area contributed by atoms with Gasteiger partial charge in [0.2, 0.25) is 5.91 Å². The summed E-state index contributed by atoms with van der Waals surface area (Å²) in [5, 5.41) is 7.48. The fourth-order valence-corrected chi connectivity index (χ4v) is 8.03. The lowest BCUT2D eigenvalue weighted by Crippen LogP contribution is -2.35. The van der Waals surface area contributed by atoms with Crippen LogP contribution in [0.3, 0.4) is 0 Å². The molecule has 4 bridgehead atoms. The van der Waals surface area contributed by atoms with Gasteiger partial charge in [-0.2, -0.15) is 0 Å². The second-order valence-corrected chi connectivity index (χ2v) is 14.4. The second kappa shape index (κ2) is 11.5. The first-order valence-corrected chi connectivity index (χ1v) is 16.5. The summed E-state index contributed by atoms with van der Waals surface area (Å²) in [6.45, 7) is 4.26. The summed E-state index contributed by atoms with van der Waals surface area (Å²) in [5.41, 5.74) is 4.24. The molecule has 44 heavy (non-hydrogen) atoms. The number of carbonyl (C=O) groups is 2. The van der Waals surface area contributed by atoms with Gasteiger partial charge in [0, 0.05) is 52.6 Å². The summed E-state index contributed by atoms with van der Waals surface area (Å²) in [6, 6.07) is 17.5. The third-order valence-electron chi connectivity index (χ3n) is 8.48. The monoisotopic (exact) mass is 612 g/mol. The van der Waals surface area contributed by atoms with Gasteiger partial charge in [-0.15, -0.1) is 0 Å². The van der Waals surface area contributed by atoms with E-state index in [2.05, 4.69) is 21.5 Å². The maximum absolute atomic E-state index is 14.3. The zero-order chi connectivity index (χ0) is 31.2. The van der Waals surface area contributed by atoms with E-state index in [0.717, 1.165) is 34.9 Å². The molecule has 3 aliphatic rings. The van der Waals surface area contributed by atoms with E-state index in [1.54, 1.807) is 42.4 Å². The van der Waals surface area contributed by atoms with Gasteiger partial charge in [-0.1, -0.05) is 31.2 Å². The average molecular weight is 613 g/mol. The number of nitrogens with one attached hydrogen (secondary N) is 3. The van der Waals surface area contributed by atoms with Crippen molar-refractivity contribution < 1.29 is 18.5 Å². The van der Waals surface area contributed by atoms with Gasteiger partial charge in [-0.05, 0) is 99.2 Å². The van der Waals surface area contributed by atoms with Crippen LogP contribution in [0.2, 0.25) is 0 Å². The highest BCUT2D eigenvalue weighted by Gasteiger charge is 2.34. The fourth-order valence-electron chi connectivity index (χ4n) is 5.90. The fraction of sp³-hybridized carbons (Fsp3) is 0.294. The van der Waals surface area contributed by atoms with Crippen LogP contribution in [-0.4, -0.2) is 50.9 Å². The van der Waals surface area contributed by atoms with E-state index in [-0.39, 0.29) is 35.8 Å². The number of pyridine rings is 1. The number of nitrogens with zero attached hydrogens (tertiary/aromatic N) is 1. The van der Waals surface area contributed by atoms with E-state index in [1.807, 2.05) is 50.2 Å². The van der Waals surface area contributed by atoms with Crippen molar-refractivity contribution in [2.45, 2.75) is 55.3 Å². The topological polar surface area (TPSA) is 121 Å². The highest BCUT2D eigenvalue weighted by atomic mass is 32.2. The minimum Gasteiger partial charge on any atom is -0.449 e. The SMILES string of the molecule is C=S(=O)(c1ccc2cc1CN(C)C(=O)[C@H](Nc1ccc3cc[nH]c(=O)c3c1)c1ccc(c(C)c1)[C@@H](C)COC(=O)N2)C1CC1. The number of carbonyl (C=O) groups excluding carboxylic acids is 2. The number of hydrogen-bond acceptors (Lipinski definition) is 6. The second-order valence-electron chi connectivity index (χ2n) is 11.9. The summed E-state index contributed by atoms with van der Waals surface area (Å²) in [6.07, 6.45) is 2.71. The molecule has 0 radical (unpaired) electrons. The van der Waals surface area contributed by atoms with E-state index in [9.17, 15) is 18.6 Å². The number of aromatic amines is 1. The van der Waals surface area contributed by atoms with Crippen molar-refractivity contribution in [3.63, 3.8) is 0 Å². The third kappa shape index (κ3) is 5.81. The Morgan fingerprint density at radius 3 is 2.57 bits per heavy atom. The number of ether oxygens (including phenoxy) is 1. The predicted molar refractivity (Wildman–Crippen MR) is 175 cm³/mol. The van der Waals surface area contributed by atoms with Gasteiger partial charge < -0.3 is 19.9 Å². The molecular weight excluding hydrogens is 576 g/mol. The number of aromatic nitrogens is 1. The first kappa shape index (κ1) is 29.5. The lowest BCUT2D eigenvalue weighted by atomic mass is 9.93. The number of H-pyrrole nitrogens is 1. The third-order valence-corrected chi connectivity index (χ3v) is 11.2. The van der Waals surface area contributed by atoms with E-state index < -0.39 is 21.7 Å². The minimum absolute atomic E-state index is 0.00247. The molecule has 0 saturated heterocycles. The molecule has 10 heteroatoms. The standard InChI is InChI=1S/C34H36N4O5S/c1-20-15-23-6-11-28(20)21(2)19-43-34(41)37-25-8-12-30(44(4,42)27-9-10-27)24(16-25)18-38(3)33(40)31(23)36-26-7-5-22-13-14-35-32(39)29(22)17-26/h5-8,11-17,21,27,31,36H,4,9-10,18-19H2,1-3H3,(H,35,39)(H,37,41)/t21-,31+,44?/m0/s1. The van der Waals surface area contributed by atoms with Crippen LogP contribution in [0.4, 0.5) is 16.2 Å². The molecule has 1 unspecified atom stereocenters. The zero-order valence-electron chi connectivity index (χ0n) is 25.0. The molecular formula is C34H36N4O5S. The molecule has 9 nitrogen and oxygen atoms in total. The quantitative estimate of drug-likeness (QED) is 0.260. The summed E-state index contributed by atoms with van der Waals surface area (Å²) in [5.74, 6) is 3.79. The molecule has 3 N–H and O–H groups in total. The number of aryl methyl sites for hydroxylation is 1. The summed E-state index contributed by atoms with van der Waals surface area (Å²) in [4.78, 5) is 44.4. The number of amides is 2. The van der Waals surface area contributed by atoms with Crippen molar-refractivity contribution in [2.75, 3.05) is 24.3 Å². The van der Waals surface area contributed by atoms with E-state index >= 15 is 0 Å². The average Bonchev–Trinajstić information content (AvgIpc) is 3.85. The van der Waals surface area contributed by atoms with Crippen molar-refractivity contribution in [3.8, 4) is 0 Å². The van der Waals surface area contributed by atoms with Gasteiger partial charge in [0.15, 0.2) is 0 Å². The smallest absolute Gasteiger partial charge is 0.411 e. The molecule has 1 fully saturated rings. The Balaban J connectivity index is 1.44. The van der Waals surface area contributed by atoms with Crippen LogP contribution >= 0.6 is 0 Å². The molecule has 0 spiro atoms. The van der Waals surface area contributed by atoms with E-state index in [4.69, 9.17) is 4.74 Å². The first-order valence-electron chi connectivity index (χ1n) is 14.7. The number of benzene rings is 3. The zero-order valence-corrected chi connectivity index (χ0v) is 25.8. The van der Waals surface area contributed by atoms with Crippen LogP contribution in [0.25, 0.3) is 10.8 Å². The van der Waals surface area contributed by atoms with Gasteiger partial charge in [0.05, 0.1) is 6.61 Å². The van der Waals surface area contributed by atoms with Crippen LogP contribution in [0.1, 0.15) is 54.0 Å². The van der Waals surface area contributed by atoms with Crippen LogP contribution in [0, 0.1) is 6.92 Å². The number of anilines is 2. The maximum atomic E-state index is 14.3. The van der Waals surface area contributed by atoms with E-state index in [0.29, 0.717) is 27.2 Å². The molecule has 1 aliphatic carbocycles. The van der Waals surface area contributed by atoms with Crippen molar-refractivity contribution >= 4 is 49.5 Å². The molecule has 3 atom stereocenters. The Morgan fingerprint density at radius 2 is 1.82 bits per heavy atom. The van der Waals surface area contributed by atoms with E-state index in [1.165, 1.54) is 0 Å². The number of likely N-dealkylation sites (N-methyl/N-ethyl adjacent to an activating group) is 1. The molecule has 2 aliphatic heterocycles. The molecule has 3 heterocycles. The van der Waals surface area contributed by atoms with Crippen molar-refractivity contribution in [3.05, 3.63) is 99.5 Å². The van der Waals surface area contributed by atoms with Crippen molar-refractivity contribution in [2.24, 2.45) is 0 Å². The molecule has 1 saturated carbocycles. The van der Waals surface area contributed by atoms with Crippen LogP contribution in [0.15, 0.2) is 76.6 Å². The Kier molecular flexibility index (Phi) is 7.71. The number of fused-ring (bicyclic) bond motifs is 10. The Hall–Kier alpha value is -4.57. The Bertz CT molecular complexity index is 1950. The molecule has 3 aromatic carbocycles. The Labute approximate surface area is 256 Å². The number of rotatable bonds is 4. The first-order chi connectivity index (χ1) is 21.0. The van der Waals surface area contributed by atoms with Crippen molar-refractivity contribution in [1.82, 2.24) is 9.88 Å². The number of hydrogen-bond donors (Lipinski definition) is 3.